The number of carbonyl (C=O) groups excluding carboxylic acids is 1. The lowest BCUT2D eigenvalue weighted by molar-refractivity contribution is -0.142. The monoisotopic (exact) mass is 337 g/mol. The number of hydrogen-bond acceptors (Lipinski definition) is 2. The Labute approximate surface area is 146 Å². The molecular weight excluding hydrogens is 317 g/mol. The van der Waals surface area contributed by atoms with Gasteiger partial charge in [-0.05, 0) is 36.2 Å². The van der Waals surface area contributed by atoms with Crippen LogP contribution in [0.5, 0.6) is 0 Å². The van der Waals surface area contributed by atoms with Crippen molar-refractivity contribution in [3.8, 4) is 11.3 Å². The quantitative estimate of drug-likeness (QED) is 0.641. The first-order valence-corrected chi connectivity index (χ1v) is 8.39. The van der Waals surface area contributed by atoms with Crippen molar-refractivity contribution in [2.75, 3.05) is 7.11 Å². The van der Waals surface area contributed by atoms with Gasteiger partial charge in [-0.3, -0.25) is 4.79 Å². The highest BCUT2D eigenvalue weighted by Crippen LogP contribution is 2.46. The summed E-state index contributed by atoms with van der Waals surface area (Å²) in [5.41, 5.74) is 5.05. The number of esters is 1. The maximum absolute atomic E-state index is 13.8. The zero-order chi connectivity index (χ0) is 17.8. The highest BCUT2D eigenvalue weighted by atomic mass is 19.1. The van der Waals surface area contributed by atoms with Gasteiger partial charge in [-0.2, -0.15) is 0 Å². The number of methoxy groups -OCH3 is 1. The molecule has 0 N–H and O–H groups in total. The van der Waals surface area contributed by atoms with Gasteiger partial charge < -0.3 is 9.30 Å². The number of aryl methyl sites for hydroxylation is 1. The summed E-state index contributed by atoms with van der Waals surface area (Å²) in [7, 11) is 1.42. The van der Waals surface area contributed by atoms with Gasteiger partial charge >= 0.3 is 5.97 Å². The first kappa shape index (κ1) is 15.9. The molecule has 4 rings (SSSR count). The summed E-state index contributed by atoms with van der Waals surface area (Å²) >= 11 is 0. The van der Waals surface area contributed by atoms with Crippen molar-refractivity contribution in [2.24, 2.45) is 0 Å². The fourth-order valence-corrected chi connectivity index (χ4v) is 4.20. The number of benzene rings is 2. The highest BCUT2D eigenvalue weighted by molar-refractivity contribution is 5.93. The standard InChI is InChI=1S/C21H20FNO2/c1-13-16-10-14(22)8-9-18(16)23-12-21(2,11-19(24)25-3)17-7-5-4-6-15(17)20(13)23/h4-10H,11-12H2,1-3H3. The SMILES string of the molecule is COC(=O)CC1(C)Cn2c(c(C)c3cc(F)ccc32)-c2ccccc21. The van der Waals surface area contributed by atoms with Gasteiger partial charge in [0.1, 0.15) is 5.82 Å². The van der Waals surface area contributed by atoms with E-state index in [0.29, 0.717) is 13.0 Å². The van der Waals surface area contributed by atoms with Crippen molar-refractivity contribution < 1.29 is 13.9 Å². The second-order valence-corrected chi connectivity index (χ2v) is 7.08. The molecule has 0 radical (unpaired) electrons. The van der Waals surface area contributed by atoms with Crippen LogP contribution in [-0.2, 0) is 21.5 Å². The molecule has 0 aliphatic carbocycles. The van der Waals surface area contributed by atoms with Gasteiger partial charge in [0.15, 0.2) is 0 Å². The second-order valence-electron chi connectivity index (χ2n) is 7.08. The third-order valence-corrected chi connectivity index (χ3v) is 5.38. The number of halogens is 1. The predicted molar refractivity (Wildman–Crippen MR) is 96.1 cm³/mol. The number of carbonyl (C=O) groups is 1. The Morgan fingerprint density at radius 3 is 2.80 bits per heavy atom. The van der Waals surface area contributed by atoms with E-state index in [-0.39, 0.29) is 17.2 Å². The largest absolute Gasteiger partial charge is 0.469 e. The van der Waals surface area contributed by atoms with Crippen LogP contribution in [0.3, 0.4) is 0 Å². The van der Waals surface area contributed by atoms with E-state index in [0.717, 1.165) is 33.3 Å². The Kier molecular flexibility index (Phi) is 3.46. The molecule has 1 aromatic heterocycles. The zero-order valence-corrected chi connectivity index (χ0v) is 14.6. The van der Waals surface area contributed by atoms with E-state index < -0.39 is 0 Å². The summed E-state index contributed by atoms with van der Waals surface area (Å²) < 4.78 is 20.9. The van der Waals surface area contributed by atoms with Gasteiger partial charge in [0.25, 0.3) is 0 Å². The molecule has 0 amide bonds. The number of nitrogens with zero attached hydrogens (tertiary/aromatic N) is 1. The molecule has 4 heteroatoms. The van der Waals surface area contributed by atoms with Crippen LogP contribution in [0.15, 0.2) is 42.5 Å². The van der Waals surface area contributed by atoms with E-state index in [1.807, 2.05) is 25.1 Å². The third kappa shape index (κ3) is 2.28. The number of fused-ring (bicyclic) bond motifs is 5. The molecule has 1 aliphatic rings. The Morgan fingerprint density at radius 2 is 2.04 bits per heavy atom. The van der Waals surface area contributed by atoms with E-state index in [1.54, 1.807) is 6.07 Å². The van der Waals surface area contributed by atoms with Crippen LogP contribution in [-0.4, -0.2) is 17.6 Å². The van der Waals surface area contributed by atoms with E-state index in [9.17, 15) is 9.18 Å². The lowest BCUT2D eigenvalue weighted by Gasteiger charge is -2.37. The van der Waals surface area contributed by atoms with Gasteiger partial charge in [-0.15, -0.1) is 0 Å². The first-order valence-electron chi connectivity index (χ1n) is 8.39. The molecule has 128 valence electrons. The normalized spacial score (nSPS) is 18.7. The minimum Gasteiger partial charge on any atom is -0.469 e. The summed E-state index contributed by atoms with van der Waals surface area (Å²) in [6, 6.07) is 13.1. The van der Waals surface area contributed by atoms with Crippen molar-refractivity contribution in [1.29, 1.82) is 0 Å². The molecule has 3 nitrogen and oxygen atoms in total. The summed E-state index contributed by atoms with van der Waals surface area (Å²) in [4.78, 5) is 12.0. The Hall–Kier alpha value is -2.62. The fraction of sp³-hybridized carbons (Fsp3) is 0.286. The minimum absolute atomic E-state index is 0.222. The lowest BCUT2D eigenvalue weighted by atomic mass is 9.74. The van der Waals surface area contributed by atoms with Crippen molar-refractivity contribution in [3.05, 3.63) is 59.4 Å². The van der Waals surface area contributed by atoms with E-state index in [2.05, 4.69) is 23.6 Å². The molecule has 0 spiro atoms. The molecule has 0 bridgehead atoms. The van der Waals surface area contributed by atoms with Gasteiger partial charge in [0.05, 0.1) is 19.2 Å². The second kappa shape index (κ2) is 5.45. The van der Waals surface area contributed by atoms with Crippen molar-refractivity contribution in [3.63, 3.8) is 0 Å². The zero-order valence-electron chi connectivity index (χ0n) is 14.6. The number of rotatable bonds is 2. The van der Waals surface area contributed by atoms with Crippen molar-refractivity contribution in [1.82, 2.24) is 4.57 Å². The molecule has 0 saturated heterocycles. The Balaban J connectivity index is 2.02. The fourth-order valence-electron chi connectivity index (χ4n) is 4.20. The smallest absolute Gasteiger partial charge is 0.306 e. The van der Waals surface area contributed by atoms with Crippen LogP contribution >= 0.6 is 0 Å². The molecule has 25 heavy (non-hydrogen) atoms. The average molecular weight is 337 g/mol. The minimum atomic E-state index is -0.372. The Morgan fingerprint density at radius 1 is 1.28 bits per heavy atom. The van der Waals surface area contributed by atoms with Crippen LogP contribution in [0.2, 0.25) is 0 Å². The molecule has 0 fully saturated rings. The third-order valence-electron chi connectivity index (χ3n) is 5.38. The first-order chi connectivity index (χ1) is 11.9. The number of hydrogen-bond donors (Lipinski definition) is 0. The van der Waals surface area contributed by atoms with Gasteiger partial charge in [-0.1, -0.05) is 31.2 Å². The van der Waals surface area contributed by atoms with Crippen molar-refractivity contribution >= 4 is 16.9 Å². The summed E-state index contributed by atoms with van der Waals surface area (Å²) in [5, 5.41) is 0.923. The van der Waals surface area contributed by atoms with Gasteiger partial charge in [0, 0.05) is 28.4 Å². The maximum Gasteiger partial charge on any atom is 0.306 e. The highest BCUT2D eigenvalue weighted by Gasteiger charge is 2.38. The van der Waals surface area contributed by atoms with Gasteiger partial charge in [-0.25, -0.2) is 4.39 Å². The van der Waals surface area contributed by atoms with Crippen LogP contribution in [0.25, 0.3) is 22.2 Å². The predicted octanol–water partition coefficient (Wildman–Crippen LogP) is 4.59. The van der Waals surface area contributed by atoms with Gasteiger partial charge in [0.2, 0.25) is 0 Å². The molecule has 1 aliphatic heterocycles. The van der Waals surface area contributed by atoms with E-state index in [4.69, 9.17) is 4.74 Å². The molecular formula is C21H20FNO2. The average Bonchev–Trinajstić information content (AvgIpc) is 2.86. The number of ether oxygens (including phenoxy) is 1. The topological polar surface area (TPSA) is 31.2 Å². The van der Waals surface area contributed by atoms with E-state index >= 15 is 0 Å². The summed E-state index contributed by atoms with van der Waals surface area (Å²) in [6.07, 6.45) is 0.305. The molecule has 0 saturated carbocycles. The molecule has 1 unspecified atom stereocenters. The Bertz CT molecular complexity index is 1000. The van der Waals surface area contributed by atoms with E-state index in [1.165, 1.54) is 13.2 Å². The van der Waals surface area contributed by atoms with Crippen LogP contribution in [0, 0.1) is 12.7 Å². The lowest BCUT2D eigenvalue weighted by Crippen LogP contribution is -2.35. The maximum atomic E-state index is 13.8. The number of aromatic nitrogens is 1. The van der Waals surface area contributed by atoms with Crippen LogP contribution < -0.4 is 0 Å². The molecule has 2 heterocycles. The van der Waals surface area contributed by atoms with Crippen LogP contribution in [0.4, 0.5) is 4.39 Å². The summed E-state index contributed by atoms with van der Waals surface area (Å²) in [5.74, 6) is -0.455. The molecule has 3 aromatic rings. The molecule has 2 aromatic carbocycles. The van der Waals surface area contributed by atoms with Crippen LogP contribution in [0.1, 0.15) is 24.5 Å². The molecule has 1 atom stereocenters. The summed E-state index contributed by atoms with van der Waals surface area (Å²) in [6.45, 7) is 4.79. The van der Waals surface area contributed by atoms with Crippen molar-refractivity contribution in [2.45, 2.75) is 32.2 Å².